The third kappa shape index (κ3) is 6.82. The van der Waals surface area contributed by atoms with E-state index in [-0.39, 0.29) is 5.41 Å². The molecule has 1 aromatic carbocycles. The maximum Gasteiger partial charge on any atom is 0.123 e. The quantitative estimate of drug-likeness (QED) is 0.592. The molecule has 0 saturated carbocycles. The van der Waals surface area contributed by atoms with Crippen LogP contribution in [0.3, 0.4) is 0 Å². The van der Waals surface area contributed by atoms with Crippen molar-refractivity contribution in [2.75, 3.05) is 0 Å². The van der Waals surface area contributed by atoms with Crippen molar-refractivity contribution in [2.24, 2.45) is 0 Å². The van der Waals surface area contributed by atoms with Crippen LogP contribution in [0.25, 0.3) is 0 Å². The van der Waals surface area contributed by atoms with Gasteiger partial charge in [0.15, 0.2) is 0 Å². The van der Waals surface area contributed by atoms with Gasteiger partial charge >= 0.3 is 0 Å². The second-order valence-corrected chi connectivity index (χ2v) is 7.16. The molecule has 0 aliphatic carbocycles. The van der Waals surface area contributed by atoms with Gasteiger partial charge in [-0.05, 0) is 42.9 Å². The van der Waals surface area contributed by atoms with Gasteiger partial charge in [0.25, 0.3) is 0 Å². The van der Waals surface area contributed by atoms with Gasteiger partial charge in [0.1, 0.15) is 5.60 Å². The minimum absolute atomic E-state index is 0.163. The molecular weight excluding hydrogens is 256 g/mol. The van der Waals surface area contributed by atoms with Crippen LogP contribution in [0, 0.1) is 11.8 Å². The van der Waals surface area contributed by atoms with Gasteiger partial charge in [0, 0.05) is 5.56 Å². The molecule has 1 atom stereocenters. The van der Waals surface area contributed by atoms with Crippen molar-refractivity contribution in [3.63, 3.8) is 0 Å². The summed E-state index contributed by atoms with van der Waals surface area (Å²) >= 11 is 0. The van der Waals surface area contributed by atoms with Crippen LogP contribution < -0.4 is 0 Å². The van der Waals surface area contributed by atoms with Crippen molar-refractivity contribution in [3.05, 3.63) is 35.4 Å². The smallest absolute Gasteiger partial charge is 0.123 e. The fraction of sp³-hybridized carbons (Fsp3) is 0.600. The van der Waals surface area contributed by atoms with Crippen molar-refractivity contribution < 1.29 is 5.11 Å². The Morgan fingerprint density at radius 3 is 2.10 bits per heavy atom. The summed E-state index contributed by atoms with van der Waals surface area (Å²) < 4.78 is 0. The van der Waals surface area contributed by atoms with Crippen LogP contribution in [0.2, 0.25) is 0 Å². The highest BCUT2D eigenvalue weighted by Crippen LogP contribution is 2.22. The van der Waals surface area contributed by atoms with E-state index in [1.807, 2.05) is 19.1 Å². The van der Waals surface area contributed by atoms with Crippen molar-refractivity contribution in [2.45, 2.75) is 77.7 Å². The van der Waals surface area contributed by atoms with E-state index in [4.69, 9.17) is 0 Å². The number of hydrogen-bond donors (Lipinski definition) is 1. The summed E-state index contributed by atoms with van der Waals surface area (Å²) in [5, 5.41) is 10.3. The van der Waals surface area contributed by atoms with Crippen LogP contribution >= 0.6 is 0 Å². The predicted octanol–water partition coefficient (Wildman–Crippen LogP) is 5.06. The molecule has 21 heavy (non-hydrogen) atoms. The summed E-state index contributed by atoms with van der Waals surface area (Å²) in [7, 11) is 0. The summed E-state index contributed by atoms with van der Waals surface area (Å²) in [4.78, 5) is 0. The molecule has 1 aromatic rings. The summed E-state index contributed by atoms with van der Waals surface area (Å²) in [6.45, 7) is 10.6. The monoisotopic (exact) mass is 286 g/mol. The average Bonchev–Trinajstić information content (AvgIpc) is 2.41. The van der Waals surface area contributed by atoms with E-state index in [0.29, 0.717) is 0 Å². The van der Waals surface area contributed by atoms with E-state index in [1.165, 1.54) is 24.8 Å². The Kier molecular flexibility index (Phi) is 6.49. The Morgan fingerprint density at radius 2 is 1.57 bits per heavy atom. The Balaban J connectivity index is 2.64. The molecule has 1 rings (SSSR count). The zero-order chi connectivity index (χ0) is 15.9. The van der Waals surface area contributed by atoms with Crippen LogP contribution in [0.5, 0.6) is 0 Å². The molecule has 0 heterocycles. The van der Waals surface area contributed by atoms with Crippen molar-refractivity contribution in [1.29, 1.82) is 0 Å². The maximum atomic E-state index is 10.3. The molecule has 0 radical (unpaired) electrons. The topological polar surface area (TPSA) is 20.2 Å². The summed E-state index contributed by atoms with van der Waals surface area (Å²) in [6.07, 6.45) is 5.42. The van der Waals surface area contributed by atoms with E-state index >= 15 is 0 Å². The van der Waals surface area contributed by atoms with Crippen LogP contribution in [0.15, 0.2) is 24.3 Å². The van der Waals surface area contributed by atoms with Crippen LogP contribution in [-0.4, -0.2) is 10.7 Å². The first-order chi connectivity index (χ1) is 9.74. The van der Waals surface area contributed by atoms with Gasteiger partial charge in [-0.25, -0.2) is 0 Å². The van der Waals surface area contributed by atoms with Crippen LogP contribution in [0.4, 0.5) is 0 Å². The van der Waals surface area contributed by atoms with E-state index < -0.39 is 5.60 Å². The van der Waals surface area contributed by atoms with Crippen LogP contribution in [0.1, 0.15) is 77.8 Å². The Hall–Kier alpha value is -1.26. The Labute approximate surface area is 130 Å². The van der Waals surface area contributed by atoms with E-state index in [2.05, 4.69) is 51.7 Å². The highest BCUT2D eigenvalue weighted by atomic mass is 16.3. The Bertz CT molecular complexity index is 477. The average molecular weight is 286 g/mol. The normalized spacial score (nSPS) is 14.2. The first kappa shape index (κ1) is 17.8. The molecule has 1 N–H and O–H groups in total. The minimum atomic E-state index is -0.879. The SMILES string of the molecule is CCCCCCC(C)(O)C#Cc1ccc(C(C)(C)C)cc1. The van der Waals surface area contributed by atoms with E-state index in [9.17, 15) is 5.11 Å². The third-order valence-corrected chi connectivity index (χ3v) is 3.74. The Morgan fingerprint density at radius 1 is 0.952 bits per heavy atom. The summed E-state index contributed by atoms with van der Waals surface area (Å²) in [5.41, 5.74) is 1.56. The molecular formula is C20H30O. The fourth-order valence-corrected chi connectivity index (χ4v) is 2.22. The number of aliphatic hydroxyl groups is 1. The summed E-state index contributed by atoms with van der Waals surface area (Å²) in [6, 6.07) is 8.33. The molecule has 0 amide bonds. The van der Waals surface area contributed by atoms with Crippen molar-refractivity contribution in [3.8, 4) is 11.8 Å². The number of rotatable bonds is 5. The molecule has 0 aromatic heterocycles. The molecule has 0 aliphatic heterocycles. The molecule has 1 nitrogen and oxygen atoms in total. The van der Waals surface area contributed by atoms with Crippen molar-refractivity contribution in [1.82, 2.24) is 0 Å². The second-order valence-electron chi connectivity index (χ2n) is 7.16. The molecule has 0 saturated heterocycles. The van der Waals surface area contributed by atoms with Gasteiger partial charge in [-0.15, -0.1) is 0 Å². The molecule has 0 aliphatic rings. The van der Waals surface area contributed by atoms with E-state index in [0.717, 1.165) is 18.4 Å². The maximum absolute atomic E-state index is 10.3. The fourth-order valence-electron chi connectivity index (χ4n) is 2.22. The van der Waals surface area contributed by atoms with Gasteiger partial charge in [-0.2, -0.15) is 0 Å². The standard InChI is InChI=1S/C20H30O/c1-6-7-8-9-15-20(5,21)16-14-17-10-12-18(13-11-17)19(2,3)4/h10-13,21H,6-9,15H2,1-5H3. The van der Waals surface area contributed by atoms with Gasteiger partial charge in [-0.1, -0.05) is 70.9 Å². The lowest BCUT2D eigenvalue weighted by molar-refractivity contribution is 0.109. The first-order valence-corrected chi connectivity index (χ1v) is 8.11. The minimum Gasteiger partial charge on any atom is -0.378 e. The molecule has 0 bridgehead atoms. The lowest BCUT2D eigenvalue weighted by atomic mass is 9.87. The van der Waals surface area contributed by atoms with Gasteiger partial charge in [0.05, 0.1) is 0 Å². The predicted molar refractivity (Wildman–Crippen MR) is 91.4 cm³/mol. The van der Waals surface area contributed by atoms with E-state index in [1.54, 1.807) is 0 Å². The highest BCUT2D eigenvalue weighted by molar-refractivity contribution is 5.39. The number of benzene rings is 1. The molecule has 0 fully saturated rings. The molecule has 1 heteroatoms. The van der Waals surface area contributed by atoms with Gasteiger partial charge in [-0.3, -0.25) is 0 Å². The van der Waals surface area contributed by atoms with Crippen molar-refractivity contribution >= 4 is 0 Å². The largest absolute Gasteiger partial charge is 0.378 e. The third-order valence-electron chi connectivity index (χ3n) is 3.74. The number of hydrogen-bond acceptors (Lipinski definition) is 1. The summed E-state index contributed by atoms with van der Waals surface area (Å²) in [5.74, 6) is 6.12. The lowest BCUT2D eigenvalue weighted by Crippen LogP contribution is -2.21. The van der Waals surface area contributed by atoms with Gasteiger partial charge in [0.2, 0.25) is 0 Å². The lowest BCUT2D eigenvalue weighted by Gasteiger charge is -2.18. The first-order valence-electron chi connectivity index (χ1n) is 8.11. The zero-order valence-corrected chi connectivity index (χ0v) is 14.3. The number of unbranched alkanes of at least 4 members (excludes halogenated alkanes) is 3. The second kappa shape index (κ2) is 7.66. The van der Waals surface area contributed by atoms with Crippen LogP contribution in [-0.2, 0) is 5.41 Å². The molecule has 116 valence electrons. The molecule has 1 unspecified atom stereocenters. The van der Waals surface area contributed by atoms with Gasteiger partial charge < -0.3 is 5.11 Å². The zero-order valence-electron chi connectivity index (χ0n) is 14.3. The molecule has 0 spiro atoms. The highest BCUT2D eigenvalue weighted by Gasteiger charge is 2.16.